The van der Waals surface area contributed by atoms with Crippen molar-refractivity contribution in [2.24, 2.45) is 4.99 Å². The summed E-state index contributed by atoms with van der Waals surface area (Å²) < 4.78 is 22.8. The monoisotopic (exact) mass is 550 g/mol. The molecule has 1 aliphatic heterocycles. The van der Waals surface area contributed by atoms with Gasteiger partial charge in [0, 0.05) is 13.8 Å². The number of thiazole rings is 1. The fourth-order valence-corrected chi connectivity index (χ4v) is 5.20. The molecule has 2 heterocycles. The molecule has 1 aliphatic rings. The van der Waals surface area contributed by atoms with Gasteiger partial charge in [0.2, 0.25) is 0 Å². The molecule has 1 atom stereocenters. The van der Waals surface area contributed by atoms with Crippen molar-refractivity contribution in [2.45, 2.75) is 33.7 Å². The lowest BCUT2D eigenvalue weighted by Gasteiger charge is -2.24. The standard InChI is InChI=1S/C28H26N2O8S/c1-6-36-27(34)24-15(2)29-28-30(25(24)19-8-10-20(11-9-19)37-16(3)31)26(33)23(39-28)14-18-7-12-21(38-17(4)32)22(13-18)35-5/h7-14,25H,6H2,1-5H3/b23-14+/t25-/m0/s1. The Balaban J connectivity index is 1.86. The summed E-state index contributed by atoms with van der Waals surface area (Å²) in [6.07, 6.45) is 1.67. The summed E-state index contributed by atoms with van der Waals surface area (Å²) >= 11 is 1.17. The van der Waals surface area contributed by atoms with Crippen LogP contribution in [0.15, 0.2) is 63.5 Å². The SMILES string of the molecule is CCOC(=O)C1=C(C)N=c2s/c(=C/c3ccc(OC(C)=O)c(OC)c3)c(=O)n2[C@H]1c1ccc(OC(C)=O)cc1. The van der Waals surface area contributed by atoms with E-state index in [1.807, 2.05) is 0 Å². The van der Waals surface area contributed by atoms with E-state index in [1.54, 1.807) is 62.4 Å². The third-order valence-electron chi connectivity index (χ3n) is 5.71. The second kappa shape index (κ2) is 11.5. The predicted octanol–water partition coefficient (Wildman–Crippen LogP) is 2.66. The minimum atomic E-state index is -0.810. The van der Waals surface area contributed by atoms with Crippen molar-refractivity contribution < 1.29 is 33.3 Å². The first kappa shape index (κ1) is 27.5. The Kier molecular flexibility index (Phi) is 8.10. The summed E-state index contributed by atoms with van der Waals surface area (Å²) in [4.78, 5) is 54.5. The Morgan fingerprint density at radius 3 is 2.33 bits per heavy atom. The van der Waals surface area contributed by atoms with Gasteiger partial charge in [0.05, 0.1) is 35.6 Å². The van der Waals surface area contributed by atoms with Crippen LogP contribution in [0.1, 0.15) is 44.9 Å². The molecule has 2 aromatic carbocycles. The number of aromatic nitrogens is 1. The molecular formula is C28H26N2O8S. The van der Waals surface area contributed by atoms with Gasteiger partial charge in [-0.3, -0.25) is 19.0 Å². The van der Waals surface area contributed by atoms with Crippen LogP contribution in [0.5, 0.6) is 17.2 Å². The van der Waals surface area contributed by atoms with Crippen LogP contribution < -0.4 is 29.1 Å². The van der Waals surface area contributed by atoms with Crippen molar-refractivity contribution in [2.75, 3.05) is 13.7 Å². The molecule has 4 rings (SSSR count). The van der Waals surface area contributed by atoms with Gasteiger partial charge in [-0.25, -0.2) is 9.79 Å². The van der Waals surface area contributed by atoms with Crippen LogP contribution in [-0.2, 0) is 19.1 Å². The van der Waals surface area contributed by atoms with E-state index < -0.39 is 23.9 Å². The van der Waals surface area contributed by atoms with E-state index in [0.717, 1.165) is 0 Å². The summed E-state index contributed by atoms with van der Waals surface area (Å²) in [7, 11) is 1.45. The van der Waals surface area contributed by atoms with Gasteiger partial charge in [-0.05, 0) is 55.3 Å². The topological polar surface area (TPSA) is 122 Å². The maximum atomic E-state index is 13.8. The molecule has 10 nitrogen and oxygen atoms in total. The zero-order chi connectivity index (χ0) is 28.3. The second-order valence-electron chi connectivity index (χ2n) is 8.47. The van der Waals surface area contributed by atoms with E-state index in [4.69, 9.17) is 18.9 Å². The van der Waals surface area contributed by atoms with Crippen molar-refractivity contribution in [1.82, 2.24) is 4.57 Å². The molecule has 0 fully saturated rings. The molecule has 0 amide bonds. The molecular weight excluding hydrogens is 524 g/mol. The minimum absolute atomic E-state index is 0.156. The lowest BCUT2D eigenvalue weighted by atomic mass is 9.96. The largest absolute Gasteiger partial charge is 0.493 e. The second-order valence-corrected chi connectivity index (χ2v) is 9.48. The lowest BCUT2D eigenvalue weighted by molar-refractivity contribution is -0.139. The van der Waals surface area contributed by atoms with Crippen LogP contribution in [0.2, 0.25) is 0 Å². The van der Waals surface area contributed by atoms with Gasteiger partial charge in [-0.2, -0.15) is 0 Å². The zero-order valence-corrected chi connectivity index (χ0v) is 22.8. The molecule has 0 bridgehead atoms. The highest BCUT2D eigenvalue weighted by molar-refractivity contribution is 7.07. The Bertz CT molecular complexity index is 1660. The number of methoxy groups -OCH3 is 1. The van der Waals surface area contributed by atoms with E-state index in [2.05, 4.69) is 4.99 Å². The molecule has 0 N–H and O–H groups in total. The van der Waals surface area contributed by atoms with E-state index in [0.29, 0.717) is 37.7 Å². The zero-order valence-electron chi connectivity index (χ0n) is 22.0. The Morgan fingerprint density at radius 1 is 1.03 bits per heavy atom. The normalized spacial score (nSPS) is 14.8. The van der Waals surface area contributed by atoms with Gasteiger partial charge in [0.15, 0.2) is 16.3 Å². The molecule has 3 aromatic rings. The van der Waals surface area contributed by atoms with Crippen molar-refractivity contribution in [1.29, 1.82) is 0 Å². The van der Waals surface area contributed by atoms with Crippen molar-refractivity contribution >= 4 is 35.3 Å². The molecule has 0 saturated heterocycles. The number of rotatable bonds is 7. The van der Waals surface area contributed by atoms with Crippen molar-refractivity contribution in [3.05, 3.63) is 84.5 Å². The number of allylic oxidation sites excluding steroid dienone is 1. The number of fused-ring (bicyclic) bond motifs is 1. The smallest absolute Gasteiger partial charge is 0.338 e. The van der Waals surface area contributed by atoms with Crippen LogP contribution >= 0.6 is 11.3 Å². The number of benzene rings is 2. The molecule has 11 heteroatoms. The number of esters is 3. The van der Waals surface area contributed by atoms with Gasteiger partial charge < -0.3 is 18.9 Å². The average Bonchev–Trinajstić information content (AvgIpc) is 3.18. The number of carbonyl (C=O) groups is 3. The Labute approximate surface area is 227 Å². The van der Waals surface area contributed by atoms with Crippen molar-refractivity contribution in [3.8, 4) is 17.2 Å². The van der Waals surface area contributed by atoms with Gasteiger partial charge in [0.25, 0.3) is 5.56 Å². The summed E-state index contributed by atoms with van der Waals surface area (Å²) in [5.74, 6) is -0.594. The van der Waals surface area contributed by atoms with E-state index >= 15 is 0 Å². The predicted molar refractivity (Wildman–Crippen MR) is 142 cm³/mol. The first-order valence-electron chi connectivity index (χ1n) is 12.0. The third-order valence-corrected chi connectivity index (χ3v) is 6.70. The number of carbonyl (C=O) groups excluding carboxylic acids is 3. The minimum Gasteiger partial charge on any atom is -0.493 e. The van der Waals surface area contributed by atoms with Gasteiger partial charge in [0.1, 0.15) is 5.75 Å². The van der Waals surface area contributed by atoms with Crippen LogP contribution in [0.3, 0.4) is 0 Å². The Morgan fingerprint density at radius 2 is 1.72 bits per heavy atom. The highest BCUT2D eigenvalue weighted by atomic mass is 32.1. The molecule has 0 unspecified atom stereocenters. The van der Waals surface area contributed by atoms with E-state index in [9.17, 15) is 19.2 Å². The molecule has 39 heavy (non-hydrogen) atoms. The highest BCUT2D eigenvalue weighted by Gasteiger charge is 2.33. The van der Waals surface area contributed by atoms with Gasteiger partial charge >= 0.3 is 17.9 Å². The molecule has 0 radical (unpaired) electrons. The van der Waals surface area contributed by atoms with Crippen LogP contribution in [0.4, 0.5) is 0 Å². The summed E-state index contributed by atoms with van der Waals surface area (Å²) in [5, 5.41) is 0. The average molecular weight is 551 g/mol. The van der Waals surface area contributed by atoms with Crippen LogP contribution in [-0.4, -0.2) is 36.2 Å². The summed E-state index contributed by atoms with van der Waals surface area (Å²) in [5.41, 5.74) is 1.57. The van der Waals surface area contributed by atoms with E-state index in [-0.39, 0.29) is 23.5 Å². The van der Waals surface area contributed by atoms with Gasteiger partial charge in [-0.15, -0.1) is 0 Å². The molecule has 0 spiro atoms. The van der Waals surface area contributed by atoms with Gasteiger partial charge in [-0.1, -0.05) is 29.5 Å². The first-order chi connectivity index (χ1) is 18.6. The fraction of sp³-hybridized carbons (Fsp3) is 0.250. The quantitative estimate of drug-likeness (QED) is 0.325. The van der Waals surface area contributed by atoms with Crippen molar-refractivity contribution in [3.63, 3.8) is 0 Å². The molecule has 0 aliphatic carbocycles. The molecule has 1 aromatic heterocycles. The first-order valence-corrected chi connectivity index (χ1v) is 12.8. The fourth-order valence-electron chi connectivity index (χ4n) is 4.16. The Hall–Kier alpha value is -4.51. The van der Waals surface area contributed by atoms with Crippen LogP contribution in [0.25, 0.3) is 6.08 Å². The maximum absolute atomic E-state index is 13.8. The summed E-state index contributed by atoms with van der Waals surface area (Å²) in [6.45, 7) is 6.15. The molecule has 0 saturated carbocycles. The number of ether oxygens (including phenoxy) is 4. The summed E-state index contributed by atoms with van der Waals surface area (Å²) in [6, 6.07) is 10.7. The van der Waals surface area contributed by atoms with E-state index in [1.165, 1.54) is 36.9 Å². The number of hydrogen-bond donors (Lipinski definition) is 0. The van der Waals surface area contributed by atoms with Crippen LogP contribution in [0, 0.1) is 0 Å². The number of hydrogen-bond acceptors (Lipinski definition) is 10. The molecule has 202 valence electrons. The highest BCUT2D eigenvalue weighted by Crippen LogP contribution is 2.32. The maximum Gasteiger partial charge on any atom is 0.338 e. The lowest BCUT2D eigenvalue weighted by Crippen LogP contribution is -2.39. The number of nitrogens with zero attached hydrogens (tertiary/aromatic N) is 2. The third kappa shape index (κ3) is 5.83.